The molecule has 0 aliphatic heterocycles. The molecule has 2 N–H and O–H groups in total. The Morgan fingerprint density at radius 3 is 1.53 bits per heavy atom. The fraction of sp³-hybridized carbons (Fsp3) is 0.611. The zero-order valence-corrected chi connectivity index (χ0v) is 25.1. The second-order valence-electron chi connectivity index (χ2n) is 13.1. The lowest BCUT2D eigenvalue weighted by Gasteiger charge is -2.37. The molecule has 2 aromatic carbocycles. The van der Waals surface area contributed by atoms with E-state index in [4.69, 9.17) is 0 Å². The number of hydrogen-bond acceptors (Lipinski definition) is 2. The third-order valence-electron chi connectivity index (χ3n) is 9.88. The number of phenols is 2. The van der Waals surface area contributed by atoms with Gasteiger partial charge in [-0.2, -0.15) is 0 Å². The molecule has 2 aromatic rings. The van der Waals surface area contributed by atoms with Crippen molar-refractivity contribution in [3.05, 3.63) is 69.3 Å². The Kier molecular flexibility index (Phi) is 9.00. The Labute approximate surface area is 232 Å². The van der Waals surface area contributed by atoms with Crippen LogP contribution in [0.25, 0.3) is 0 Å². The minimum Gasteiger partial charge on any atom is -0.507 e. The molecule has 208 valence electrons. The average molecular weight is 517 g/mol. The molecule has 0 radical (unpaired) electrons. The smallest absolute Gasteiger partial charge is 0.123 e. The summed E-state index contributed by atoms with van der Waals surface area (Å²) in [7, 11) is 0. The van der Waals surface area contributed by atoms with Crippen molar-refractivity contribution in [3.8, 4) is 11.5 Å². The molecule has 0 aromatic heterocycles. The van der Waals surface area contributed by atoms with Gasteiger partial charge < -0.3 is 10.2 Å². The van der Waals surface area contributed by atoms with Gasteiger partial charge in [-0.3, -0.25) is 0 Å². The molecule has 38 heavy (non-hydrogen) atoms. The van der Waals surface area contributed by atoms with Gasteiger partial charge in [0, 0.05) is 28.2 Å². The van der Waals surface area contributed by atoms with Gasteiger partial charge in [-0.15, -0.1) is 0 Å². The van der Waals surface area contributed by atoms with Gasteiger partial charge in [0.2, 0.25) is 0 Å². The van der Waals surface area contributed by atoms with Gasteiger partial charge in [0.05, 0.1) is 0 Å². The molecular weight excluding hydrogens is 464 g/mol. The second kappa shape index (κ2) is 11.9. The van der Waals surface area contributed by atoms with Gasteiger partial charge >= 0.3 is 0 Å². The van der Waals surface area contributed by atoms with Crippen LogP contribution >= 0.6 is 0 Å². The molecule has 0 bridgehead atoms. The molecule has 0 amide bonds. The standard InChI is InChI=1S/C36H52O2/c1-7-9-16-27(8-2)32(28-21-25(3)23-30(33(28)37)35(5)17-12-10-13-18-35)29-22-26(4)24-31(34(29)38)36(6)19-14-11-15-20-36/h16,21-24,32,37-38H,7-15,17-20H2,1-6H3/b27-16+. The summed E-state index contributed by atoms with van der Waals surface area (Å²) in [5.74, 6) is 0.752. The molecule has 0 heterocycles. The van der Waals surface area contributed by atoms with Gasteiger partial charge in [-0.25, -0.2) is 0 Å². The summed E-state index contributed by atoms with van der Waals surface area (Å²) in [6.45, 7) is 13.5. The van der Waals surface area contributed by atoms with Crippen molar-refractivity contribution >= 4 is 0 Å². The van der Waals surface area contributed by atoms with E-state index in [0.717, 1.165) is 67.2 Å². The van der Waals surface area contributed by atoms with Crippen molar-refractivity contribution in [3.63, 3.8) is 0 Å². The molecule has 0 saturated heterocycles. The number of phenolic OH excluding ortho intramolecular Hbond substituents is 2. The van der Waals surface area contributed by atoms with Crippen LogP contribution in [0.3, 0.4) is 0 Å². The number of aryl methyl sites for hydroxylation is 2. The van der Waals surface area contributed by atoms with E-state index in [2.05, 4.69) is 71.9 Å². The quantitative estimate of drug-likeness (QED) is 0.343. The van der Waals surface area contributed by atoms with Crippen LogP contribution in [0.4, 0.5) is 0 Å². The van der Waals surface area contributed by atoms with Gasteiger partial charge in [0.15, 0.2) is 0 Å². The lowest BCUT2D eigenvalue weighted by molar-refractivity contribution is 0.306. The van der Waals surface area contributed by atoms with Crippen molar-refractivity contribution < 1.29 is 10.2 Å². The minimum atomic E-state index is -0.150. The van der Waals surface area contributed by atoms with Gasteiger partial charge in [0.25, 0.3) is 0 Å². The summed E-state index contributed by atoms with van der Waals surface area (Å²) in [6, 6.07) is 8.84. The topological polar surface area (TPSA) is 40.5 Å². The zero-order valence-electron chi connectivity index (χ0n) is 25.1. The van der Waals surface area contributed by atoms with E-state index in [1.807, 2.05) is 0 Å². The highest BCUT2D eigenvalue weighted by molar-refractivity contribution is 5.59. The summed E-state index contributed by atoms with van der Waals surface area (Å²) in [6.07, 6.45) is 17.3. The van der Waals surface area contributed by atoms with E-state index in [1.165, 1.54) is 55.2 Å². The zero-order chi connectivity index (χ0) is 27.5. The first-order valence-corrected chi connectivity index (χ1v) is 15.5. The van der Waals surface area contributed by atoms with E-state index in [1.54, 1.807) is 0 Å². The van der Waals surface area contributed by atoms with Crippen LogP contribution in [-0.4, -0.2) is 10.2 Å². The van der Waals surface area contributed by atoms with E-state index < -0.39 is 0 Å². The maximum atomic E-state index is 12.1. The highest BCUT2D eigenvalue weighted by Crippen LogP contribution is 2.51. The van der Waals surface area contributed by atoms with Crippen LogP contribution in [0, 0.1) is 13.8 Å². The van der Waals surface area contributed by atoms with Crippen LogP contribution < -0.4 is 0 Å². The summed E-state index contributed by atoms with van der Waals surface area (Å²) >= 11 is 0. The third kappa shape index (κ3) is 5.70. The maximum absolute atomic E-state index is 12.1. The normalized spacial score (nSPS) is 19.6. The summed E-state index contributed by atoms with van der Waals surface area (Å²) in [5.41, 5.74) is 7.85. The van der Waals surface area contributed by atoms with Crippen LogP contribution in [0.1, 0.15) is 150 Å². The monoisotopic (exact) mass is 516 g/mol. The number of benzene rings is 2. The predicted molar refractivity (Wildman–Crippen MR) is 162 cm³/mol. The first-order valence-electron chi connectivity index (χ1n) is 15.5. The van der Waals surface area contributed by atoms with Crippen molar-refractivity contribution in [2.24, 2.45) is 0 Å². The number of hydrogen-bond donors (Lipinski definition) is 2. The molecule has 2 fully saturated rings. The van der Waals surface area contributed by atoms with E-state index in [0.29, 0.717) is 11.5 Å². The number of aromatic hydroxyl groups is 2. The fourth-order valence-corrected chi connectivity index (χ4v) is 7.54. The van der Waals surface area contributed by atoms with E-state index >= 15 is 0 Å². The van der Waals surface area contributed by atoms with Gasteiger partial charge in [-0.1, -0.05) is 120 Å². The third-order valence-corrected chi connectivity index (χ3v) is 9.88. The highest BCUT2D eigenvalue weighted by atomic mass is 16.3. The Bertz CT molecular complexity index is 1060. The molecular formula is C36H52O2. The molecule has 2 saturated carbocycles. The Balaban J connectivity index is 1.96. The first kappa shape index (κ1) is 28.8. The van der Waals surface area contributed by atoms with Crippen LogP contribution in [0.2, 0.25) is 0 Å². The van der Waals surface area contributed by atoms with Crippen molar-refractivity contribution in [1.82, 2.24) is 0 Å². The molecule has 2 aliphatic rings. The van der Waals surface area contributed by atoms with Crippen LogP contribution in [0.15, 0.2) is 35.9 Å². The minimum absolute atomic E-state index is 0.00253. The lowest BCUT2D eigenvalue weighted by Crippen LogP contribution is -2.26. The number of allylic oxidation sites excluding steroid dienone is 2. The fourth-order valence-electron chi connectivity index (χ4n) is 7.54. The molecule has 2 nitrogen and oxygen atoms in total. The highest BCUT2D eigenvalue weighted by Gasteiger charge is 2.37. The SMILES string of the molecule is CCC/C=C(\CC)C(c1cc(C)cc(C2(C)CCCCC2)c1O)c1cc(C)cc(C2(C)CCCCC2)c1O. The molecule has 4 rings (SSSR count). The number of unbranched alkanes of at least 4 members (excludes halogenated alkanes) is 1. The van der Waals surface area contributed by atoms with Gasteiger partial charge in [0.1, 0.15) is 11.5 Å². The average Bonchev–Trinajstić information content (AvgIpc) is 2.90. The first-order chi connectivity index (χ1) is 18.1. The molecule has 2 aliphatic carbocycles. The largest absolute Gasteiger partial charge is 0.507 e. The maximum Gasteiger partial charge on any atom is 0.123 e. The second-order valence-corrected chi connectivity index (χ2v) is 13.1. The summed E-state index contributed by atoms with van der Waals surface area (Å²) in [4.78, 5) is 0. The Hall–Kier alpha value is -2.22. The van der Waals surface area contributed by atoms with Gasteiger partial charge in [-0.05, 0) is 63.2 Å². The molecule has 0 spiro atoms. The van der Waals surface area contributed by atoms with Crippen molar-refractivity contribution in [2.45, 2.75) is 142 Å². The van der Waals surface area contributed by atoms with E-state index in [-0.39, 0.29) is 16.7 Å². The van der Waals surface area contributed by atoms with Crippen LogP contribution in [-0.2, 0) is 10.8 Å². The number of rotatable bonds is 8. The molecule has 0 atom stereocenters. The van der Waals surface area contributed by atoms with Crippen LogP contribution in [0.5, 0.6) is 11.5 Å². The van der Waals surface area contributed by atoms with E-state index in [9.17, 15) is 10.2 Å². The summed E-state index contributed by atoms with van der Waals surface area (Å²) in [5, 5.41) is 24.1. The predicted octanol–water partition coefficient (Wildman–Crippen LogP) is 10.4. The molecule has 0 unspecified atom stereocenters. The molecule has 2 heteroatoms. The Morgan fingerprint density at radius 1 is 0.737 bits per heavy atom. The van der Waals surface area contributed by atoms with Crippen molar-refractivity contribution in [1.29, 1.82) is 0 Å². The van der Waals surface area contributed by atoms with Crippen molar-refractivity contribution in [2.75, 3.05) is 0 Å². The Morgan fingerprint density at radius 2 is 1.16 bits per heavy atom. The lowest BCUT2D eigenvalue weighted by atomic mass is 9.68. The summed E-state index contributed by atoms with van der Waals surface area (Å²) < 4.78 is 0.